The number of nitrogens with two attached hydrogens (primary N) is 1. The minimum atomic E-state index is -3.71. The number of likely N-dealkylation sites (tertiary alicyclic amines) is 1. The third kappa shape index (κ3) is 5.26. The third-order valence-electron chi connectivity index (χ3n) is 7.56. The first-order chi connectivity index (χ1) is 17.3. The van der Waals surface area contributed by atoms with Gasteiger partial charge in [-0.2, -0.15) is 0 Å². The van der Waals surface area contributed by atoms with E-state index >= 15 is 0 Å². The van der Waals surface area contributed by atoms with Crippen LogP contribution in [0.1, 0.15) is 37.0 Å². The van der Waals surface area contributed by atoms with Crippen LogP contribution < -0.4 is 15.8 Å². The number of benzene rings is 1. The zero-order valence-corrected chi connectivity index (χ0v) is 21.8. The summed E-state index contributed by atoms with van der Waals surface area (Å²) >= 11 is 0. The number of carbonyl (C=O) groups excluding carboxylic acids is 1. The molecule has 0 bridgehead atoms. The molecule has 0 spiro atoms. The quantitative estimate of drug-likeness (QED) is 0.158. The minimum absolute atomic E-state index is 0.0187. The number of aliphatic hydroxyl groups excluding tert-OH is 3. The molecule has 3 rings (SSSR count). The fourth-order valence-corrected chi connectivity index (χ4v) is 6.45. The number of nitrogens with zero attached hydrogens (tertiary/aromatic N) is 1. The van der Waals surface area contributed by atoms with Crippen LogP contribution in [0, 0.1) is 0 Å². The lowest BCUT2D eigenvalue weighted by Crippen LogP contribution is -2.72. The molecule has 37 heavy (non-hydrogen) atoms. The van der Waals surface area contributed by atoms with Crippen LogP contribution in [0.25, 0.3) is 0 Å². The highest BCUT2D eigenvalue weighted by atomic mass is 32.2. The number of rotatable bonds is 9. The summed E-state index contributed by atoms with van der Waals surface area (Å²) in [6.07, 6.45) is -6.67. The highest BCUT2D eigenvalue weighted by molar-refractivity contribution is 7.91. The molecule has 13 nitrogen and oxygen atoms in total. The number of nitrogen functional groups attached to an aromatic ring is 1. The number of hydrogen-bond donors (Lipinski definition) is 6. The molecule has 1 amide bonds. The average molecular weight is 547 g/mol. The highest BCUT2D eigenvalue weighted by Crippen LogP contribution is 2.37. The molecule has 2 saturated heterocycles. The van der Waals surface area contributed by atoms with Crippen molar-refractivity contribution >= 4 is 27.4 Å². The van der Waals surface area contributed by atoms with E-state index in [1.807, 2.05) is 6.92 Å². The lowest BCUT2D eigenvalue weighted by Gasteiger charge is -2.50. The second-order valence-electron chi connectivity index (χ2n) is 9.40. The number of carboxylic acids is 1. The molecule has 208 valence electrons. The monoisotopic (exact) mass is 546 g/mol. The maximum Gasteiger partial charge on any atom is 0.335 e. The van der Waals surface area contributed by atoms with Crippen LogP contribution in [-0.4, -0.2) is 114 Å². The number of sulfone groups is 1. The van der Waals surface area contributed by atoms with Crippen molar-refractivity contribution in [3.8, 4) is 5.75 Å². The highest BCUT2D eigenvalue weighted by Gasteiger charge is 2.58. The minimum Gasteiger partial charge on any atom is -0.496 e. The molecule has 7 unspecified atom stereocenters. The van der Waals surface area contributed by atoms with Gasteiger partial charge in [-0.3, -0.25) is 9.28 Å². The van der Waals surface area contributed by atoms with Crippen LogP contribution in [0.4, 0.5) is 5.69 Å². The summed E-state index contributed by atoms with van der Waals surface area (Å²) in [7, 11) is -2.38. The summed E-state index contributed by atoms with van der Waals surface area (Å²) in [5.41, 5.74) is 5.84. The second-order valence-corrected chi connectivity index (χ2v) is 11.6. The molecule has 2 fully saturated rings. The molecule has 7 atom stereocenters. The first-order valence-electron chi connectivity index (χ1n) is 12.1. The van der Waals surface area contributed by atoms with Gasteiger partial charge in [0.05, 0.1) is 48.6 Å². The van der Waals surface area contributed by atoms with Crippen molar-refractivity contribution in [2.45, 2.75) is 68.3 Å². The first-order valence-corrected chi connectivity index (χ1v) is 13.8. The molecule has 2 heterocycles. The van der Waals surface area contributed by atoms with Gasteiger partial charge in [-0.25, -0.2) is 13.2 Å². The van der Waals surface area contributed by atoms with Gasteiger partial charge in [0.15, 0.2) is 22.0 Å². The normalized spacial score (nSPS) is 32.2. The number of anilines is 1. The second kappa shape index (κ2) is 11.1. The fraction of sp³-hybridized carbons (Fsp3) is 0.652. The fourth-order valence-electron chi connectivity index (χ4n) is 5.42. The zero-order chi connectivity index (χ0) is 27.7. The van der Waals surface area contributed by atoms with E-state index < -0.39 is 52.4 Å². The molecule has 1 aromatic rings. The van der Waals surface area contributed by atoms with E-state index in [2.05, 4.69) is 5.32 Å². The lowest BCUT2D eigenvalue weighted by molar-refractivity contribution is -0.985. The van der Waals surface area contributed by atoms with Gasteiger partial charge in [0.25, 0.3) is 5.91 Å². The molecule has 0 saturated carbocycles. The Kier molecular flexibility index (Phi) is 8.71. The molecule has 2 aliphatic heterocycles. The van der Waals surface area contributed by atoms with Gasteiger partial charge in [0.2, 0.25) is 6.23 Å². The van der Waals surface area contributed by atoms with E-state index in [0.29, 0.717) is 25.9 Å². The molecule has 1 aromatic carbocycles. The van der Waals surface area contributed by atoms with Crippen LogP contribution in [0.3, 0.4) is 0 Å². The standard InChI is InChI=1S/C23H35N3O10S/c1-4-26(22-19(29)17(27)18(28)20(36-22)23(31)32)8-6-7-12(26)11-25-21(30)13-9-16(37(33,34)5-2)14(24)10-15(13)35-3/h9-10,12,17-20,22,27-29H,4-8,11H2,1-3H3,(H3-,24,25,30,31,32)/p+1. The van der Waals surface area contributed by atoms with Crippen LogP contribution in [0.5, 0.6) is 5.75 Å². The number of hydrogen-bond acceptors (Lipinski definition) is 10. The number of ether oxygens (including phenoxy) is 2. The van der Waals surface area contributed by atoms with Crippen LogP contribution in [-0.2, 0) is 19.4 Å². The van der Waals surface area contributed by atoms with Gasteiger partial charge in [0.1, 0.15) is 24.0 Å². The van der Waals surface area contributed by atoms with E-state index in [9.17, 15) is 38.4 Å². The SMILES string of the molecule is CC[N+]1(C2OC(C(=O)O)C(O)C(O)C2O)CCCC1CNC(=O)c1cc(S(=O)(=O)CC)c(N)cc1OC. The number of aliphatic carboxylic acids is 1. The van der Waals surface area contributed by atoms with Crippen molar-refractivity contribution in [2.75, 3.05) is 38.2 Å². The summed E-state index contributed by atoms with van der Waals surface area (Å²) in [6.45, 7) is 4.25. The lowest BCUT2D eigenvalue weighted by atomic mass is 9.95. The maximum absolute atomic E-state index is 13.2. The predicted molar refractivity (Wildman–Crippen MR) is 130 cm³/mol. The number of likely N-dealkylation sites (N-methyl/N-ethyl adjacent to an activating group) is 1. The molecule has 14 heteroatoms. The number of quaternary nitrogens is 1. The molecule has 0 aromatic heterocycles. The molecule has 0 radical (unpaired) electrons. The van der Waals surface area contributed by atoms with Crippen LogP contribution in [0.2, 0.25) is 0 Å². The van der Waals surface area contributed by atoms with Crippen molar-refractivity contribution in [1.82, 2.24) is 5.32 Å². The Balaban J connectivity index is 1.87. The Morgan fingerprint density at radius 1 is 1.19 bits per heavy atom. The topological polar surface area (TPSA) is 206 Å². The average Bonchev–Trinajstić information content (AvgIpc) is 3.28. The smallest absolute Gasteiger partial charge is 0.335 e. The Hall–Kier alpha value is -2.49. The van der Waals surface area contributed by atoms with E-state index in [1.165, 1.54) is 26.2 Å². The first kappa shape index (κ1) is 29.1. The van der Waals surface area contributed by atoms with Crippen molar-refractivity contribution in [3.63, 3.8) is 0 Å². The largest absolute Gasteiger partial charge is 0.496 e. The van der Waals surface area contributed by atoms with Gasteiger partial charge in [0, 0.05) is 18.9 Å². The Morgan fingerprint density at radius 3 is 2.43 bits per heavy atom. The van der Waals surface area contributed by atoms with Crippen molar-refractivity contribution in [2.24, 2.45) is 0 Å². The molecular formula is C23H36N3O10S+. The van der Waals surface area contributed by atoms with Crippen LogP contribution >= 0.6 is 0 Å². The number of nitrogens with one attached hydrogen (secondary N) is 1. The van der Waals surface area contributed by atoms with E-state index in [1.54, 1.807) is 0 Å². The van der Waals surface area contributed by atoms with Crippen molar-refractivity contribution < 1.29 is 52.4 Å². The van der Waals surface area contributed by atoms with Gasteiger partial charge in [-0.05, 0) is 13.0 Å². The number of carbonyl (C=O) groups is 2. The predicted octanol–water partition coefficient (Wildman–Crippen LogP) is -1.31. The van der Waals surface area contributed by atoms with Gasteiger partial charge in [-0.15, -0.1) is 0 Å². The van der Waals surface area contributed by atoms with Crippen molar-refractivity contribution in [1.29, 1.82) is 0 Å². The number of aliphatic hydroxyl groups is 3. The van der Waals surface area contributed by atoms with E-state index in [0.717, 1.165) is 0 Å². The third-order valence-corrected chi connectivity index (χ3v) is 9.34. The number of amides is 1. The van der Waals surface area contributed by atoms with E-state index in [4.69, 9.17) is 15.2 Å². The Morgan fingerprint density at radius 2 is 1.86 bits per heavy atom. The number of carboxylic acid groups (broad SMARTS) is 1. The summed E-state index contributed by atoms with van der Waals surface area (Å²) in [6, 6.07) is 2.14. The number of methoxy groups -OCH3 is 1. The summed E-state index contributed by atoms with van der Waals surface area (Å²) in [5, 5.41) is 43.4. The molecule has 7 N–H and O–H groups in total. The molecular weight excluding hydrogens is 510 g/mol. The van der Waals surface area contributed by atoms with Crippen molar-refractivity contribution in [3.05, 3.63) is 17.7 Å². The Bertz CT molecular complexity index is 1130. The van der Waals surface area contributed by atoms with E-state index in [-0.39, 0.29) is 44.7 Å². The summed E-state index contributed by atoms with van der Waals surface area (Å²) in [5.74, 6) is -2.17. The Labute approximate surface area is 215 Å². The summed E-state index contributed by atoms with van der Waals surface area (Å²) < 4.78 is 35.9. The molecule has 0 aliphatic carbocycles. The zero-order valence-electron chi connectivity index (χ0n) is 21.0. The van der Waals surface area contributed by atoms with Gasteiger partial charge in [-0.1, -0.05) is 6.92 Å². The van der Waals surface area contributed by atoms with Crippen LogP contribution in [0.15, 0.2) is 17.0 Å². The van der Waals surface area contributed by atoms with Gasteiger partial charge < -0.3 is 41.0 Å². The molecule has 2 aliphatic rings. The maximum atomic E-state index is 13.2. The summed E-state index contributed by atoms with van der Waals surface area (Å²) in [4.78, 5) is 24.6. The van der Waals surface area contributed by atoms with Gasteiger partial charge >= 0.3 is 5.97 Å².